The number of ether oxygens (including phenoxy) is 1. The molecule has 0 radical (unpaired) electrons. The molecule has 0 saturated heterocycles. The number of rotatable bonds is 2. The van der Waals surface area contributed by atoms with Gasteiger partial charge in [-0.3, -0.25) is 0 Å². The number of carbonyl (C=O) groups is 1. The molecule has 0 aromatic heterocycles. The molecule has 0 bridgehead atoms. The highest BCUT2D eigenvalue weighted by Crippen LogP contribution is 2.30. The molecule has 0 amide bonds. The van der Waals surface area contributed by atoms with E-state index in [1.165, 1.54) is 6.07 Å². The van der Waals surface area contributed by atoms with Gasteiger partial charge in [-0.05, 0) is 51.5 Å². The Morgan fingerprint density at radius 1 is 1.05 bits per heavy atom. The lowest BCUT2D eigenvalue weighted by molar-refractivity contribution is 0.00691. The Morgan fingerprint density at radius 3 is 2.19 bits per heavy atom. The van der Waals surface area contributed by atoms with Crippen molar-refractivity contribution in [2.45, 2.75) is 33.3 Å². The molecule has 2 rings (SSSR count). The number of aromatic hydroxyl groups is 1. The van der Waals surface area contributed by atoms with Crippen LogP contribution in [-0.4, -0.2) is 16.7 Å². The second-order valence-electron chi connectivity index (χ2n) is 6.10. The topological polar surface area (TPSA) is 46.5 Å². The smallest absolute Gasteiger partial charge is 0.338 e. The van der Waals surface area contributed by atoms with Crippen molar-refractivity contribution in [1.82, 2.24) is 0 Å². The van der Waals surface area contributed by atoms with Gasteiger partial charge in [0.25, 0.3) is 0 Å². The van der Waals surface area contributed by atoms with Crippen molar-refractivity contribution in [2.75, 3.05) is 0 Å². The summed E-state index contributed by atoms with van der Waals surface area (Å²) < 4.78 is 5.29. The van der Waals surface area contributed by atoms with Crippen molar-refractivity contribution in [2.24, 2.45) is 0 Å². The Bertz CT molecular complexity index is 649. The van der Waals surface area contributed by atoms with E-state index < -0.39 is 11.6 Å². The molecule has 0 fully saturated rings. The SMILES string of the molecule is Cc1ccc(-c2ccc(C(=O)OC(C)(C)C)cc2O)cc1. The number of hydrogen-bond acceptors (Lipinski definition) is 3. The first-order valence-corrected chi connectivity index (χ1v) is 6.90. The fourth-order valence-corrected chi connectivity index (χ4v) is 1.97. The molecule has 1 N–H and O–H groups in total. The van der Waals surface area contributed by atoms with Gasteiger partial charge in [-0.25, -0.2) is 4.79 Å². The lowest BCUT2D eigenvalue weighted by atomic mass is 10.0. The quantitative estimate of drug-likeness (QED) is 0.835. The number of esters is 1. The molecule has 2 aromatic rings. The van der Waals surface area contributed by atoms with Crippen LogP contribution in [0.15, 0.2) is 42.5 Å². The van der Waals surface area contributed by atoms with Crippen molar-refractivity contribution in [1.29, 1.82) is 0 Å². The average Bonchev–Trinajstić information content (AvgIpc) is 2.38. The number of carbonyl (C=O) groups excluding carboxylic acids is 1. The number of benzene rings is 2. The molecule has 0 aliphatic carbocycles. The fraction of sp³-hybridized carbons (Fsp3) is 0.278. The minimum atomic E-state index is -0.553. The zero-order valence-corrected chi connectivity index (χ0v) is 12.8. The predicted octanol–water partition coefficient (Wildman–Crippen LogP) is 4.32. The minimum Gasteiger partial charge on any atom is -0.507 e. The maximum Gasteiger partial charge on any atom is 0.338 e. The average molecular weight is 284 g/mol. The van der Waals surface area contributed by atoms with E-state index in [4.69, 9.17) is 4.74 Å². The fourth-order valence-electron chi connectivity index (χ4n) is 1.97. The molecule has 0 saturated carbocycles. The molecule has 0 atom stereocenters. The van der Waals surface area contributed by atoms with Crippen LogP contribution in [0.2, 0.25) is 0 Å². The first-order chi connectivity index (χ1) is 9.76. The number of phenols is 1. The van der Waals surface area contributed by atoms with Crippen molar-refractivity contribution in [3.8, 4) is 16.9 Å². The molecule has 0 heterocycles. The molecule has 2 aromatic carbocycles. The number of hydrogen-bond donors (Lipinski definition) is 1. The summed E-state index contributed by atoms with van der Waals surface area (Å²) in [5, 5.41) is 10.2. The van der Waals surface area contributed by atoms with Gasteiger partial charge in [0.2, 0.25) is 0 Å². The molecule has 0 aliphatic rings. The Morgan fingerprint density at radius 2 is 1.67 bits per heavy atom. The summed E-state index contributed by atoms with van der Waals surface area (Å²) in [5.74, 6) is -0.365. The van der Waals surface area contributed by atoms with Crippen LogP contribution in [0.4, 0.5) is 0 Å². The van der Waals surface area contributed by atoms with Gasteiger partial charge in [0.1, 0.15) is 11.4 Å². The zero-order valence-electron chi connectivity index (χ0n) is 12.8. The summed E-state index contributed by atoms with van der Waals surface area (Å²) in [5.41, 5.74) is 2.56. The van der Waals surface area contributed by atoms with Crippen LogP contribution >= 0.6 is 0 Å². The van der Waals surface area contributed by atoms with E-state index in [0.29, 0.717) is 11.1 Å². The highest BCUT2D eigenvalue weighted by atomic mass is 16.6. The summed E-state index contributed by atoms with van der Waals surface area (Å²) in [6.45, 7) is 7.44. The van der Waals surface area contributed by atoms with Gasteiger partial charge < -0.3 is 9.84 Å². The summed E-state index contributed by atoms with van der Waals surface area (Å²) >= 11 is 0. The monoisotopic (exact) mass is 284 g/mol. The second-order valence-corrected chi connectivity index (χ2v) is 6.10. The van der Waals surface area contributed by atoms with Crippen LogP contribution in [0.25, 0.3) is 11.1 Å². The normalized spacial score (nSPS) is 11.2. The van der Waals surface area contributed by atoms with Crippen molar-refractivity contribution in [3.05, 3.63) is 53.6 Å². The van der Waals surface area contributed by atoms with E-state index in [0.717, 1.165) is 11.1 Å². The van der Waals surface area contributed by atoms with Crippen LogP contribution < -0.4 is 0 Å². The third-order valence-corrected chi connectivity index (χ3v) is 2.99. The van der Waals surface area contributed by atoms with Gasteiger partial charge >= 0.3 is 5.97 Å². The first kappa shape index (κ1) is 15.1. The maximum atomic E-state index is 12.0. The van der Waals surface area contributed by atoms with Gasteiger partial charge in [-0.15, -0.1) is 0 Å². The lowest BCUT2D eigenvalue weighted by Gasteiger charge is -2.19. The van der Waals surface area contributed by atoms with E-state index in [2.05, 4.69) is 0 Å². The maximum absolute atomic E-state index is 12.0. The highest BCUT2D eigenvalue weighted by Gasteiger charge is 2.19. The van der Waals surface area contributed by atoms with Crippen LogP contribution in [0.1, 0.15) is 36.7 Å². The van der Waals surface area contributed by atoms with Crippen LogP contribution in [-0.2, 0) is 4.74 Å². The molecule has 3 nitrogen and oxygen atoms in total. The molecular weight excluding hydrogens is 264 g/mol. The van der Waals surface area contributed by atoms with E-state index >= 15 is 0 Å². The largest absolute Gasteiger partial charge is 0.507 e. The third kappa shape index (κ3) is 3.85. The summed E-state index contributed by atoms with van der Waals surface area (Å²) in [7, 11) is 0. The van der Waals surface area contributed by atoms with E-state index in [1.54, 1.807) is 12.1 Å². The van der Waals surface area contributed by atoms with E-state index in [-0.39, 0.29) is 5.75 Å². The summed E-state index contributed by atoms with van der Waals surface area (Å²) in [4.78, 5) is 12.0. The molecule has 0 spiro atoms. The Hall–Kier alpha value is -2.29. The number of aryl methyl sites for hydroxylation is 1. The minimum absolute atomic E-state index is 0.0715. The summed E-state index contributed by atoms with van der Waals surface area (Å²) in [6.07, 6.45) is 0. The second kappa shape index (κ2) is 5.60. The van der Waals surface area contributed by atoms with Crippen LogP contribution in [0.3, 0.4) is 0 Å². The Balaban J connectivity index is 2.29. The van der Waals surface area contributed by atoms with E-state index in [9.17, 15) is 9.90 Å². The molecular formula is C18H20O3. The molecule has 0 unspecified atom stereocenters. The predicted molar refractivity (Wildman–Crippen MR) is 83.4 cm³/mol. The molecule has 110 valence electrons. The first-order valence-electron chi connectivity index (χ1n) is 6.90. The zero-order chi connectivity index (χ0) is 15.6. The molecule has 0 aliphatic heterocycles. The summed E-state index contributed by atoms with van der Waals surface area (Å²) in [6, 6.07) is 12.7. The Kier molecular flexibility index (Phi) is 4.03. The van der Waals surface area contributed by atoms with Crippen molar-refractivity contribution < 1.29 is 14.6 Å². The van der Waals surface area contributed by atoms with E-state index in [1.807, 2.05) is 52.0 Å². The highest BCUT2D eigenvalue weighted by molar-refractivity contribution is 5.91. The van der Waals surface area contributed by atoms with Gasteiger partial charge in [0.05, 0.1) is 5.56 Å². The van der Waals surface area contributed by atoms with Crippen LogP contribution in [0.5, 0.6) is 5.75 Å². The van der Waals surface area contributed by atoms with Crippen molar-refractivity contribution in [3.63, 3.8) is 0 Å². The standard InChI is InChI=1S/C18H20O3/c1-12-5-7-13(8-6-12)15-10-9-14(11-16(15)19)17(20)21-18(2,3)4/h5-11,19H,1-4H3. The van der Waals surface area contributed by atoms with Gasteiger partial charge in [-0.1, -0.05) is 29.8 Å². The van der Waals surface area contributed by atoms with Gasteiger partial charge in [0, 0.05) is 5.56 Å². The Labute approximate surface area is 125 Å². The molecule has 3 heteroatoms. The van der Waals surface area contributed by atoms with Gasteiger partial charge in [-0.2, -0.15) is 0 Å². The van der Waals surface area contributed by atoms with Gasteiger partial charge in [0.15, 0.2) is 0 Å². The lowest BCUT2D eigenvalue weighted by Crippen LogP contribution is -2.23. The third-order valence-electron chi connectivity index (χ3n) is 2.99. The number of phenolic OH excluding ortho intramolecular Hbond substituents is 1. The molecule has 21 heavy (non-hydrogen) atoms. The van der Waals surface area contributed by atoms with Crippen molar-refractivity contribution >= 4 is 5.97 Å². The van der Waals surface area contributed by atoms with Crippen LogP contribution in [0, 0.1) is 6.92 Å².